The van der Waals surface area contributed by atoms with Gasteiger partial charge in [-0.05, 0) is 25.0 Å². The molecule has 0 aliphatic rings. The van der Waals surface area contributed by atoms with Crippen molar-refractivity contribution >= 4 is 39.0 Å². The Morgan fingerprint density at radius 1 is 1.19 bits per heavy atom. The Labute approximate surface area is 187 Å². The van der Waals surface area contributed by atoms with Gasteiger partial charge < -0.3 is 4.98 Å². The van der Waals surface area contributed by atoms with Gasteiger partial charge in [0.15, 0.2) is 5.13 Å². The van der Waals surface area contributed by atoms with E-state index in [4.69, 9.17) is 0 Å². The number of aryl methyl sites for hydroxylation is 2. The number of amides is 1. The van der Waals surface area contributed by atoms with Crippen LogP contribution in [0.5, 0.6) is 0 Å². The summed E-state index contributed by atoms with van der Waals surface area (Å²) in [5.41, 5.74) is 2.74. The van der Waals surface area contributed by atoms with Crippen molar-refractivity contribution in [2.75, 3.05) is 5.32 Å². The lowest BCUT2D eigenvalue weighted by Crippen LogP contribution is -2.17. The summed E-state index contributed by atoms with van der Waals surface area (Å²) in [6.07, 6.45) is 2.09. The monoisotopic (exact) mass is 448 g/mol. The van der Waals surface area contributed by atoms with Crippen LogP contribution in [0.2, 0.25) is 0 Å². The number of anilines is 1. The van der Waals surface area contributed by atoms with Gasteiger partial charge in [-0.25, -0.2) is 4.98 Å². The van der Waals surface area contributed by atoms with Crippen molar-refractivity contribution in [3.8, 4) is 11.3 Å². The molecule has 0 atom stereocenters. The van der Waals surface area contributed by atoms with Crippen LogP contribution in [-0.2, 0) is 6.42 Å². The number of hydrogen-bond donors (Lipinski definition) is 2. The summed E-state index contributed by atoms with van der Waals surface area (Å²) in [5, 5.41) is 14.6. The predicted molar refractivity (Wildman–Crippen MR) is 125 cm³/mol. The number of aromatic amines is 1. The number of nitro groups is 1. The molecule has 9 heteroatoms. The van der Waals surface area contributed by atoms with Gasteiger partial charge in [-0.3, -0.25) is 25.0 Å². The Hall–Kier alpha value is -3.85. The van der Waals surface area contributed by atoms with E-state index in [2.05, 4.69) is 34.3 Å². The molecule has 0 bridgehead atoms. The average molecular weight is 449 g/mol. The summed E-state index contributed by atoms with van der Waals surface area (Å²) in [6, 6.07) is 13.3. The molecule has 0 aliphatic carbocycles. The van der Waals surface area contributed by atoms with E-state index >= 15 is 0 Å². The number of nitrogens with one attached hydrogen (secondary N) is 2. The first-order chi connectivity index (χ1) is 15.4. The SMILES string of the molecule is CCCc1ccc(-c2nc(NC(=O)c3cc(=O)[nH]c4ccc([N+](=O)[O-])cc34)sc2C)cc1. The number of nitro benzene ring substituents is 1. The van der Waals surface area contributed by atoms with Crippen LogP contribution >= 0.6 is 11.3 Å². The van der Waals surface area contributed by atoms with Gasteiger partial charge in [0.25, 0.3) is 11.6 Å². The maximum absolute atomic E-state index is 13.0. The van der Waals surface area contributed by atoms with E-state index in [1.807, 2.05) is 19.1 Å². The number of non-ortho nitro benzene ring substituents is 1. The average Bonchev–Trinajstić information content (AvgIpc) is 3.13. The van der Waals surface area contributed by atoms with E-state index in [9.17, 15) is 19.7 Å². The lowest BCUT2D eigenvalue weighted by atomic mass is 10.1. The van der Waals surface area contributed by atoms with Crippen molar-refractivity contribution in [2.24, 2.45) is 0 Å². The fraction of sp³-hybridized carbons (Fsp3) is 0.174. The Balaban J connectivity index is 1.65. The molecule has 0 aliphatic heterocycles. The summed E-state index contributed by atoms with van der Waals surface area (Å²) in [7, 11) is 0. The van der Waals surface area contributed by atoms with Gasteiger partial charge in [-0.2, -0.15) is 0 Å². The maximum Gasteiger partial charge on any atom is 0.270 e. The summed E-state index contributed by atoms with van der Waals surface area (Å²) >= 11 is 1.33. The lowest BCUT2D eigenvalue weighted by Gasteiger charge is -2.06. The van der Waals surface area contributed by atoms with Gasteiger partial charge in [0.1, 0.15) is 0 Å². The van der Waals surface area contributed by atoms with Crippen LogP contribution in [0.3, 0.4) is 0 Å². The number of thiazole rings is 1. The minimum Gasteiger partial charge on any atom is -0.322 e. The van der Waals surface area contributed by atoms with Crippen molar-refractivity contribution in [1.82, 2.24) is 9.97 Å². The van der Waals surface area contributed by atoms with Crippen molar-refractivity contribution in [3.05, 3.63) is 85.0 Å². The molecular formula is C23H20N4O4S. The second-order valence-corrected chi connectivity index (χ2v) is 8.56. The van der Waals surface area contributed by atoms with Gasteiger partial charge in [-0.15, -0.1) is 11.3 Å². The Kier molecular flexibility index (Phi) is 5.83. The first kappa shape index (κ1) is 21.4. The van der Waals surface area contributed by atoms with E-state index < -0.39 is 16.4 Å². The third kappa shape index (κ3) is 4.28. The minimum absolute atomic E-state index is 0.0470. The number of fused-ring (bicyclic) bond motifs is 1. The lowest BCUT2D eigenvalue weighted by molar-refractivity contribution is -0.384. The fourth-order valence-electron chi connectivity index (χ4n) is 3.54. The number of nitrogens with zero attached hydrogens (tertiary/aromatic N) is 2. The molecule has 0 fully saturated rings. The first-order valence-electron chi connectivity index (χ1n) is 10.0. The zero-order chi connectivity index (χ0) is 22.8. The molecule has 1 amide bonds. The molecule has 0 saturated heterocycles. The van der Waals surface area contributed by atoms with Crippen molar-refractivity contribution in [2.45, 2.75) is 26.7 Å². The van der Waals surface area contributed by atoms with Gasteiger partial charge in [0.05, 0.1) is 16.2 Å². The molecule has 32 heavy (non-hydrogen) atoms. The first-order valence-corrected chi connectivity index (χ1v) is 10.9. The zero-order valence-corrected chi connectivity index (χ0v) is 18.3. The van der Waals surface area contributed by atoms with Gasteiger partial charge in [0.2, 0.25) is 5.56 Å². The smallest absolute Gasteiger partial charge is 0.270 e. The van der Waals surface area contributed by atoms with Crippen LogP contribution in [0, 0.1) is 17.0 Å². The molecular weight excluding hydrogens is 428 g/mol. The van der Waals surface area contributed by atoms with Gasteiger partial charge in [0, 0.05) is 39.5 Å². The molecule has 2 N–H and O–H groups in total. The molecule has 2 heterocycles. The molecule has 8 nitrogen and oxygen atoms in total. The van der Waals surface area contributed by atoms with E-state index in [1.165, 1.54) is 35.1 Å². The van der Waals surface area contributed by atoms with Crippen LogP contribution in [0.25, 0.3) is 22.2 Å². The maximum atomic E-state index is 13.0. The number of carbonyl (C=O) groups excluding carboxylic acids is 1. The summed E-state index contributed by atoms with van der Waals surface area (Å²) in [6.45, 7) is 4.06. The normalized spacial score (nSPS) is 10.9. The van der Waals surface area contributed by atoms with Gasteiger partial charge >= 0.3 is 0 Å². The Bertz CT molecular complexity index is 1390. The van der Waals surface area contributed by atoms with Crippen LogP contribution in [0.1, 0.15) is 34.1 Å². The number of benzene rings is 2. The Morgan fingerprint density at radius 2 is 1.94 bits per heavy atom. The second kappa shape index (κ2) is 8.72. The third-order valence-electron chi connectivity index (χ3n) is 5.07. The summed E-state index contributed by atoms with van der Waals surface area (Å²) in [4.78, 5) is 43.7. The van der Waals surface area contributed by atoms with E-state index in [1.54, 1.807) is 0 Å². The molecule has 0 unspecified atom stereocenters. The number of H-pyrrole nitrogens is 1. The summed E-state index contributed by atoms with van der Waals surface area (Å²) < 4.78 is 0. The zero-order valence-electron chi connectivity index (χ0n) is 17.5. The van der Waals surface area contributed by atoms with E-state index in [0.717, 1.165) is 35.0 Å². The van der Waals surface area contributed by atoms with Crippen molar-refractivity contribution in [3.63, 3.8) is 0 Å². The van der Waals surface area contributed by atoms with Crippen LogP contribution in [0.15, 0.2) is 53.3 Å². The highest BCUT2D eigenvalue weighted by atomic mass is 32.1. The minimum atomic E-state index is -0.555. The number of aromatic nitrogens is 2. The molecule has 0 spiro atoms. The van der Waals surface area contributed by atoms with E-state index in [0.29, 0.717) is 10.6 Å². The number of hydrogen-bond acceptors (Lipinski definition) is 6. The highest BCUT2D eigenvalue weighted by Crippen LogP contribution is 2.31. The Morgan fingerprint density at radius 3 is 2.62 bits per heavy atom. The van der Waals surface area contributed by atoms with Crippen LogP contribution < -0.4 is 10.9 Å². The third-order valence-corrected chi connectivity index (χ3v) is 5.95. The number of rotatable bonds is 6. The number of pyridine rings is 1. The fourth-order valence-corrected chi connectivity index (χ4v) is 4.37. The molecule has 162 valence electrons. The molecule has 2 aromatic heterocycles. The van der Waals surface area contributed by atoms with E-state index in [-0.39, 0.29) is 16.6 Å². The molecule has 4 rings (SSSR count). The second-order valence-electron chi connectivity index (χ2n) is 7.36. The van der Waals surface area contributed by atoms with Crippen LogP contribution in [-0.4, -0.2) is 20.8 Å². The molecule has 2 aromatic carbocycles. The van der Waals surface area contributed by atoms with Crippen LogP contribution in [0.4, 0.5) is 10.8 Å². The topological polar surface area (TPSA) is 118 Å². The molecule has 4 aromatic rings. The van der Waals surface area contributed by atoms with Crippen molar-refractivity contribution < 1.29 is 9.72 Å². The molecule has 0 saturated carbocycles. The van der Waals surface area contributed by atoms with Gasteiger partial charge in [-0.1, -0.05) is 37.6 Å². The quantitative estimate of drug-likeness (QED) is 0.315. The van der Waals surface area contributed by atoms with Crippen molar-refractivity contribution in [1.29, 1.82) is 0 Å². The standard InChI is InChI=1S/C23H20N4O4S/c1-3-4-14-5-7-15(8-6-14)21-13(2)32-23(25-21)26-22(29)18-12-20(28)24-19-10-9-16(27(30)31)11-17(18)19/h5-12H,3-4H2,1-2H3,(H,24,28)(H,25,26,29). The predicted octanol–water partition coefficient (Wildman–Crippen LogP) is 5.07. The molecule has 0 radical (unpaired) electrons. The highest BCUT2D eigenvalue weighted by Gasteiger charge is 2.18. The highest BCUT2D eigenvalue weighted by molar-refractivity contribution is 7.16. The summed E-state index contributed by atoms with van der Waals surface area (Å²) in [5.74, 6) is -0.555. The number of carbonyl (C=O) groups is 1. The largest absolute Gasteiger partial charge is 0.322 e.